The molecule has 3 N–H and O–H groups in total. The molecule has 0 amide bonds. The summed E-state index contributed by atoms with van der Waals surface area (Å²) >= 11 is 0. The maximum Gasteiger partial charge on any atom is 0.352 e. The van der Waals surface area contributed by atoms with Crippen molar-refractivity contribution in [3.8, 4) is 11.3 Å². The molecule has 90 valence electrons. The zero-order valence-corrected chi connectivity index (χ0v) is 9.69. The lowest BCUT2D eigenvalue weighted by molar-refractivity contribution is 0.0691. The first-order valence-corrected chi connectivity index (χ1v) is 5.52. The molecule has 0 saturated carbocycles. The van der Waals surface area contributed by atoms with Crippen LogP contribution in [0.5, 0.6) is 0 Å². The number of rotatable bonds is 2. The highest BCUT2D eigenvalue weighted by atomic mass is 16.4. The largest absolute Gasteiger partial charge is 0.477 e. The minimum absolute atomic E-state index is 0.191. The van der Waals surface area contributed by atoms with E-state index < -0.39 is 5.97 Å². The highest BCUT2D eigenvalue weighted by Gasteiger charge is 2.11. The van der Waals surface area contributed by atoms with Gasteiger partial charge in [0.1, 0.15) is 5.69 Å². The Morgan fingerprint density at radius 1 is 1.28 bits per heavy atom. The van der Waals surface area contributed by atoms with Gasteiger partial charge in [-0.25, -0.2) is 4.79 Å². The van der Waals surface area contributed by atoms with Crippen LogP contribution < -0.4 is 0 Å². The first-order chi connectivity index (χ1) is 8.66. The number of carboxylic acid groups (broad SMARTS) is 1. The minimum Gasteiger partial charge on any atom is -0.477 e. The fourth-order valence-electron chi connectivity index (χ4n) is 2.13. The second-order valence-electron chi connectivity index (χ2n) is 4.16. The van der Waals surface area contributed by atoms with E-state index in [4.69, 9.17) is 5.11 Å². The number of aromatic carboxylic acids is 1. The lowest BCUT2D eigenvalue weighted by Gasteiger charge is -2.04. The highest BCUT2D eigenvalue weighted by molar-refractivity contribution is 5.90. The van der Waals surface area contributed by atoms with E-state index in [0.29, 0.717) is 0 Å². The standard InChI is InChI=1S/C13H11N3O2/c1-7-8(2-3-11-9(7)6-14-16-11)10-4-5-12(15-10)13(17)18/h2-6,15H,1H3,(H,14,16)(H,17,18). The van der Waals surface area contributed by atoms with Gasteiger partial charge in [0.05, 0.1) is 11.7 Å². The number of aromatic nitrogens is 3. The molecule has 18 heavy (non-hydrogen) atoms. The van der Waals surface area contributed by atoms with Crippen LogP contribution in [0.2, 0.25) is 0 Å². The Kier molecular flexibility index (Phi) is 2.19. The number of carboxylic acids is 1. The zero-order valence-electron chi connectivity index (χ0n) is 9.69. The number of nitrogens with one attached hydrogen (secondary N) is 2. The number of aryl methyl sites for hydroxylation is 1. The molecule has 2 aromatic heterocycles. The van der Waals surface area contributed by atoms with E-state index in [0.717, 1.165) is 27.7 Å². The van der Waals surface area contributed by atoms with Gasteiger partial charge in [-0.3, -0.25) is 5.10 Å². The summed E-state index contributed by atoms with van der Waals surface area (Å²) in [6.07, 6.45) is 1.77. The molecular formula is C13H11N3O2. The Morgan fingerprint density at radius 3 is 2.83 bits per heavy atom. The normalized spacial score (nSPS) is 10.9. The van der Waals surface area contributed by atoms with Gasteiger partial charge in [0, 0.05) is 16.6 Å². The molecular weight excluding hydrogens is 230 g/mol. The van der Waals surface area contributed by atoms with E-state index in [9.17, 15) is 4.79 Å². The van der Waals surface area contributed by atoms with Crippen molar-refractivity contribution in [1.29, 1.82) is 0 Å². The lowest BCUT2D eigenvalue weighted by atomic mass is 10.0. The van der Waals surface area contributed by atoms with Crippen molar-refractivity contribution >= 4 is 16.9 Å². The molecule has 0 fully saturated rings. The van der Waals surface area contributed by atoms with Crippen molar-refractivity contribution in [3.05, 3.63) is 41.7 Å². The molecule has 3 rings (SSSR count). The van der Waals surface area contributed by atoms with Crippen molar-refractivity contribution in [2.24, 2.45) is 0 Å². The number of hydrogen-bond acceptors (Lipinski definition) is 2. The Morgan fingerprint density at radius 2 is 2.11 bits per heavy atom. The molecule has 5 heteroatoms. The van der Waals surface area contributed by atoms with Crippen molar-refractivity contribution in [2.75, 3.05) is 0 Å². The predicted molar refractivity (Wildman–Crippen MR) is 67.6 cm³/mol. The van der Waals surface area contributed by atoms with Gasteiger partial charge in [-0.1, -0.05) is 6.07 Å². The van der Waals surface area contributed by atoms with E-state index >= 15 is 0 Å². The third kappa shape index (κ3) is 1.48. The summed E-state index contributed by atoms with van der Waals surface area (Å²) in [6, 6.07) is 7.23. The molecule has 0 aliphatic heterocycles. The smallest absolute Gasteiger partial charge is 0.352 e. The van der Waals surface area contributed by atoms with Gasteiger partial charge in [-0.2, -0.15) is 5.10 Å². The van der Waals surface area contributed by atoms with Crippen LogP contribution in [-0.2, 0) is 0 Å². The monoisotopic (exact) mass is 241 g/mol. The number of nitrogens with zero attached hydrogens (tertiary/aromatic N) is 1. The maximum atomic E-state index is 10.9. The van der Waals surface area contributed by atoms with Gasteiger partial charge in [-0.05, 0) is 30.7 Å². The zero-order chi connectivity index (χ0) is 12.7. The fourth-order valence-corrected chi connectivity index (χ4v) is 2.13. The van der Waals surface area contributed by atoms with E-state index in [2.05, 4.69) is 15.2 Å². The van der Waals surface area contributed by atoms with Gasteiger partial charge >= 0.3 is 5.97 Å². The Hall–Kier alpha value is -2.56. The molecule has 0 unspecified atom stereocenters. The van der Waals surface area contributed by atoms with Crippen molar-refractivity contribution in [2.45, 2.75) is 6.92 Å². The van der Waals surface area contributed by atoms with Crippen LogP contribution in [0.3, 0.4) is 0 Å². The van der Waals surface area contributed by atoms with Crippen LogP contribution in [-0.4, -0.2) is 26.3 Å². The van der Waals surface area contributed by atoms with Gasteiger partial charge in [0.2, 0.25) is 0 Å². The molecule has 3 aromatic rings. The molecule has 0 bridgehead atoms. The van der Waals surface area contributed by atoms with Gasteiger partial charge < -0.3 is 10.1 Å². The predicted octanol–water partition coefficient (Wildman–Crippen LogP) is 2.56. The van der Waals surface area contributed by atoms with Gasteiger partial charge in [0.15, 0.2) is 0 Å². The van der Waals surface area contributed by atoms with Crippen LogP contribution in [0.4, 0.5) is 0 Å². The third-order valence-electron chi connectivity index (χ3n) is 3.10. The molecule has 0 spiro atoms. The van der Waals surface area contributed by atoms with Crippen LogP contribution in [0.15, 0.2) is 30.5 Å². The summed E-state index contributed by atoms with van der Waals surface area (Å²) in [5.74, 6) is -0.955. The van der Waals surface area contributed by atoms with Crippen LogP contribution in [0, 0.1) is 6.92 Å². The van der Waals surface area contributed by atoms with Crippen LogP contribution >= 0.6 is 0 Å². The molecule has 0 atom stereocenters. The van der Waals surface area contributed by atoms with Gasteiger partial charge in [-0.15, -0.1) is 0 Å². The highest BCUT2D eigenvalue weighted by Crippen LogP contribution is 2.28. The number of benzene rings is 1. The average molecular weight is 241 g/mol. The summed E-state index contributed by atoms with van der Waals surface area (Å²) in [7, 11) is 0. The Labute approximate surface area is 102 Å². The second kappa shape index (κ2) is 3.73. The minimum atomic E-state index is -0.955. The Balaban J connectivity index is 2.18. The Bertz CT molecular complexity index is 740. The van der Waals surface area contributed by atoms with Crippen molar-refractivity contribution in [3.63, 3.8) is 0 Å². The summed E-state index contributed by atoms with van der Waals surface area (Å²) in [4.78, 5) is 13.8. The molecule has 0 saturated heterocycles. The summed E-state index contributed by atoms with van der Waals surface area (Å²) in [6.45, 7) is 1.99. The van der Waals surface area contributed by atoms with Gasteiger partial charge in [0.25, 0.3) is 0 Å². The molecule has 1 aromatic carbocycles. The van der Waals surface area contributed by atoms with E-state index in [-0.39, 0.29) is 5.69 Å². The number of hydrogen-bond donors (Lipinski definition) is 3. The van der Waals surface area contributed by atoms with Crippen LogP contribution in [0.1, 0.15) is 16.1 Å². The number of aromatic amines is 2. The van der Waals surface area contributed by atoms with Crippen molar-refractivity contribution in [1.82, 2.24) is 15.2 Å². The SMILES string of the molecule is Cc1c(-c2ccc(C(=O)O)[nH]2)ccc2[nH]ncc12. The number of H-pyrrole nitrogens is 2. The average Bonchev–Trinajstić information content (AvgIpc) is 2.97. The summed E-state index contributed by atoms with van der Waals surface area (Å²) < 4.78 is 0. The number of carbonyl (C=O) groups is 1. The summed E-state index contributed by atoms with van der Waals surface area (Å²) in [5, 5.41) is 16.9. The molecule has 0 aliphatic carbocycles. The second-order valence-corrected chi connectivity index (χ2v) is 4.16. The molecule has 0 aliphatic rings. The van der Waals surface area contributed by atoms with E-state index in [1.165, 1.54) is 0 Å². The van der Waals surface area contributed by atoms with Crippen molar-refractivity contribution < 1.29 is 9.90 Å². The molecule has 0 radical (unpaired) electrons. The number of fused-ring (bicyclic) bond motifs is 1. The van der Waals surface area contributed by atoms with Crippen LogP contribution in [0.25, 0.3) is 22.2 Å². The quantitative estimate of drug-likeness (QED) is 0.644. The first-order valence-electron chi connectivity index (χ1n) is 5.52. The topological polar surface area (TPSA) is 81.8 Å². The third-order valence-corrected chi connectivity index (χ3v) is 3.10. The fraction of sp³-hybridized carbons (Fsp3) is 0.0769. The maximum absolute atomic E-state index is 10.9. The lowest BCUT2D eigenvalue weighted by Crippen LogP contribution is -1.95. The molecule has 5 nitrogen and oxygen atoms in total. The van der Waals surface area contributed by atoms with E-state index in [1.807, 2.05) is 19.1 Å². The van der Waals surface area contributed by atoms with E-state index in [1.54, 1.807) is 18.3 Å². The molecule has 2 heterocycles. The summed E-state index contributed by atoms with van der Waals surface area (Å²) in [5.41, 5.74) is 4.02. The first kappa shape index (κ1) is 10.6.